The van der Waals surface area contributed by atoms with E-state index >= 15 is 4.39 Å². The number of halogens is 2. The molecular weight excluding hydrogens is 594 g/mol. The second kappa shape index (κ2) is 13.6. The zero-order valence-corrected chi connectivity index (χ0v) is 25.9. The van der Waals surface area contributed by atoms with Gasteiger partial charge in [-0.3, -0.25) is 19.1 Å². The van der Waals surface area contributed by atoms with Crippen molar-refractivity contribution in [3.05, 3.63) is 118 Å². The number of benzene rings is 3. The maximum Gasteiger partial charge on any atom is 0.268 e. The minimum atomic E-state index is -0.746. The van der Waals surface area contributed by atoms with Crippen molar-refractivity contribution in [1.29, 1.82) is 0 Å². The summed E-state index contributed by atoms with van der Waals surface area (Å²) >= 11 is 0. The smallest absolute Gasteiger partial charge is 0.268 e. The Morgan fingerprint density at radius 1 is 0.957 bits per heavy atom. The van der Waals surface area contributed by atoms with Crippen molar-refractivity contribution in [3.8, 4) is 28.7 Å². The molecule has 0 spiro atoms. The zero-order valence-electron chi connectivity index (χ0n) is 25.9. The van der Waals surface area contributed by atoms with Crippen molar-refractivity contribution in [2.75, 3.05) is 40.2 Å². The van der Waals surface area contributed by atoms with Crippen LogP contribution in [-0.2, 0) is 0 Å². The number of carbonyl (C=O) groups is 1. The SMILES string of the molecule is COc1cc2nccc(Oc3ccc(NC(=O)c4c(C)c(/C=C/CN(C)C)cn(-c5ccc(F)cc5)c4=O)cc3F)c2cc1OC. The monoisotopic (exact) mass is 626 g/mol. The predicted octanol–water partition coefficient (Wildman–Crippen LogP) is 6.61. The Kier molecular flexibility index (Phi) is 9.43. The van der Waals surface area contributed by atoms with Crippen LogP contribution in [0.4, 0.5) is 14.5 Å². The first-order valence-corrected chi connectivity index (χ1v) is 14.2. The maximum atomic E-state index is 15.4. The normalized spacial score (nSPS) is 11.3. The number of ether oxygens (including phenoxy) is 3. The molecule has 5 rings (SSSR count). The number of likely N-dealkylation sites (N-methyl/N-ethyl adjacent to an activating group) is 1. The van der Waals surface area contributed by atoms with Crippen LogP contribution < -0.4 is 25.1 Å². The highest BCUT2D eigenvalue weighted by Gasteiger charge is 2.21. The van der Waals surface area contributed by atoms with Gasteiger partial charge in [0, 0.05) is 47.8 Å². The van der Waals surface area contributed by atoms with Crippen LogP contribution in [0.5, 0.6) is 23.0 Å². The number of anilines is 1. The van der Waals surface area contributed by atoms with Crippen LogP contribution in [0.25, 0.3) is 22.7 Å². The average molecular weight is 627 g/mol. The van der Waals surface area contributed by atoms with Gasteiger partial charge in [-0.25, -0.2) is 8.78 Å². The van der Waals surface area contributed by atoms with Crippen LogP contribution in [0, 0.1) is 18.6 Å². The summed E-state index contributed by atoms with van der Waals surface area (Å²) in [5.41, 5.74) is 1.36. The molecular formula is C35H32F2N4O5. The van der Waals surface area contributed by atoms with Gasteiger partial charge in [-0.05, 0) is 80.7 Å². The average Bonchev–Trinajstić information content (AvgIpc) is 3.03. The third-order valence-electron chi connectivity index (χ3n) is 7.23. The minimum absolute atomic E-state index is 0.0943. The van der Waals surface area contributed by atoms with Crippen molar-refractivity contribution < 1.29 is 27.8 Å². The Labute approximate surface area is 264 Å². The molecule has 0 atom stereocenters. The van der Waals surface area contributed by atoms with Gasteiger partial charge in [0.15, 0.2) is 23.1 Å². The van der Waals surface area contributed by atoms with Gasteiger partial charge < -0.3 is 24.4 Å². The molecule has 2 aromatic heterocycles. The number of nitrogens with zero attached hydrogens (tertiary/aromatic N) is 3. The molecule has 0 bridgehead atoms. The number of fused-ring (bicyclic) bond motifs is 1. The molecule has 0 aliphatic carbocycles. The molecule has 2 heterocycles. The van der Waals surface area contributed by atoms with E-state index in [0.29, 0.717) is 51.5 Å². The van der Waals surface area contributed by atoms with Crippen LogP contribution >= 0.6 is 0 Å². The van der Waals surface area contributed by atoms with Crippen LogP contribution in [-0.4, -0.2) is 55.2 Å². The van der Waals surface area contributed by atoms with E-state index in [1.54, 1.807) is 31.3 Å². The molecule has 1 N–H and O–H groups in total. The number of pyridine rings is 2. The molecule has 0 aliphatic rings. The van der Waals surface area contributed by atoms with Crippen molar-refractivity contribution >= 4 is 28.6 Å². The van der Waals surface area contributed by atoms with E-state index in [1.807, 2.05) is 31.1 Å². The zero-order chi connectivity index (χ0) is 33.0. The van der Waals surface area contributed by atoms with Crippen molar-refractivity contribution in [2.45, 2.75) is 6.92 Å². The summed E-state index contributed by atoms with van der Waals surface area (Å²) in [6, 6.07) is 14.3. The lowest BCUT2D eigenvalue weighted by atomic mass is 10.0. The molecule has 9 nitrogen and oxygen atoms in total. The summed E-state index contributed by atoms with van der Waals surface area (Å²) in [5, 5.41) is 3.21. The van der Waals surface area contributed by atoms with Crippen LogP contribution in [0.1, 0.15) is 21.5 Å². The number of hydrogen-bond acceptors (Lipinski definition) is 7. The molecule has 236 valence electrons. The number of hydrogen-bond donors (Lipinski definition) is 1. The topological polar surface area (TPSA) is 94.9 Å². The van der Waals surface area contributed by atoms with Gasteiger partial charge in [-0.2, -0.15) is 0 Å². The summed E-state index contributed by atoms with van der Waals surface area (Å²) in [7, 11) is 6.85. The van der Waals surface area contributed by atoms with E-state index in [-0.39, 0.29) is 17.0 Å². The van der Waals surface area contributed by atoms with E-state index in [1.165, 1.54) is 61.4 Å². The fraction of sp³-hybridized carbons (Fsp3) is 0.171. The number of rotatable bonds is 10. The highest BCUT2D eigenvalue weighted by molar-refractivity contribution is 6.05. The Morgan fingerprint density at radius 2 is 1.67 bits per heavy atom. The van der Waals surface area contributed by atoms with Gasteiger partial charge in [0.05, 0.1) is 19.7 Å². The number of nitrogens with one attached hydrogen (secondary N) is 1. The van der Waals surface area contributed by atoms with Crippen LogP contribution in [0.3, 0.4) is 0 Å². The quantitative estimate of drug-likeness (QED) is 0.187. The fourth-order valence-corrected chi connectivity index (χ4v) is 4.85. The first-order chi connectivity index (χ1) is 22.1. The largest absolute Gasteiger partial charge is 0.493 e. The Morgan fingerprint density at radius 3 is 2.35 bits per heavy atom. The van der Waals surface area contributed by atoms with E-state index in [4.69, 9.17) is 14.2 Å². The summed E-state index contributed by atoms with van der Waals surface area (Å²) in [4.78, 5) is 33.5. The van der Waals surface area contributed by atoms with Gasteiger partial charge in [0.1, 0.15) is 17.1 Å². The number of amides is 1. The first kappa shape index (κ1) is 31.9. The molecule has 0 saturated heterocycles. The summed E-state index contributed by atoms with van der Waals surface area (Å²) in [6.07, 6.45) is 6.84. The predicted molar refractivity (Wildman–Crippen MR) is 174 cm³/mol. The lowest BCUT2D eigenvalue weighted by molar-refractivity contribution is 0.102. The molecule has 0 radical (unpaired) electrons. The second-order valence-corrected chi connectivity index (χ2v) is 10.6. The van der Waals surface area contributed by atoms with Gasteiger partial charge in [-0.15, -0.1) is 0 Å². The molecule has 3 aromatic carbocycles. The molecule has 0 fully saturated rings. The fourth-order valence-electron chi connectivity index (χ4n) is 4.85. The Balaban J connectivity index is 1.46. The van der Waals surface area contributed by atoms with Gasteiger partial charge in [0.2, 0.25) is 0 Å². The molecule has 11 heteroatoms. The Hall–Kier alpha value is -5.55. The van der Waals surface area contributed by atoms with Crippen molar-refractivity contribution in [2.24, 2.45) is 0 Å². The lowest BCUT2D eigenvalue weighted by Gasteiger charge is -2.15. The van der Waals surface area contributed by atoms with E-state index in [0.717, 1.165) is 6.07 Å². The van der Waals surface area contributed by atoms with Crippen molar-refractivity contribution in [1.82, 2.24) is 14.5 Å². The third-order valence-corrected chi connectivity index (χ3v) is 7.23. The molecule has 5 aromatic rings. The van der Waals surface area contributed by atoms with Gasteiger partial charge in [-0.1, -0.05) is 12.2 Å². The summed E-state index contributed by atoms with van der Waals surface area (Å²) in [5.74, 6) is -0.752. The Bertz CT molecular complexity index is 2010. The second-order valence-electron chi connectivity index (χ2n) is 10.6. The number of carbonyl (C=O) groups excluding carboxylic acids is 1. The van der Waals surface area contributed by atoms with E-state index < -0.39 is 23.1 Å². The van der Waals surface area contributed by atoms with E-state index in [9.17, 15) is 14.0 Å². The van der Waals surface area contributed by atoms with Crippen LogP contribution in [0.15, 0.2) is 83.9 Å². The van der Waals surface area contributed by atoms with Gasteiger partial charge >= 0.3 is 0 Å². The number of aromatic nitrogens is 2. The standard InChI is InChI=1S/C35H32F2N4O5/c1-21-22(7-6-16-40(2)3)20-41(25-11-8-23(36)9-12-25)35(43)33(21)34(42)39-24-10-13-30(27(37)17-24)46-29-14-15-38-28-19-32(45-5)31(44-4)18-26(28)29/h6-15,17-20H,16H2,1-5H3,(H,39,42)/b7-6+. The van der Waals surface area contributed by atoms with E-state index in [2.05, 4.69) is 10.3 Å². The molecule has 0 saturated carbocycles. The lowest BCUT2D eigenvalue weighted by Crippen LogP contribution is -2.30. The maximum absolute atomic E-state index is 15.4. The molecule has 1 amide bonds. The number of methoxy groups -OCH3 is 2. The third kappa shape index (κ3) is 6.74. The highest BCUT2D eigenvalue weighted by Crippen LogP contribution is 2.37. The first-order valence-electron chi connectivity index (χ1n) is 14.2. The minimum Gasteiger partial charge on any atom is -0.493 e. The molecule has 46 heavy (non-hydrogen) atoms. The highest BCUT2D eigenvalue weighted by atomic mass is 19.1. The summed E-state index contributed by atoms with van der Waals surface area (Å²) in [6.45, 7) is 2.29. The molecule has 0 unspecified atom stereocenters. The summed E-state index contributed by atoms with van der Waals surface area (Å²) < 4.78 is 46.9. The van der Waals surface area contributed by atoms with Crippen LogP contribution in [0.2, 0.25) is 0 Å². The molecule has 0 aliphatic heterocycles. The van der Waals surface area contributed by atoms with Gasteiger partial charge in [0.25, 0.3) is 11.5 Å². The van der Waals surface area contributed by atoms with Crippen molar-refractivity contribution in [3.63, 3.8) is 0 Å².